The van der Waals surface area contributed by atoms with Crippen LogP contribution in [0.5, 0.6) is 0 Å². The summed E-state index contributed by atoms with van der Waals surface area (Å²) in [6.45, 7) is 10.0. The molecule has 0 spiro atoms. The van der Waals surface area contributed by atoms with E-state index >= 15 is 0 Å². The van der Waals surface area contributed by atoms with Crippen molar-refractivity contribution in [2.24, 2.45) is 0 Å². The quantitative estimate of drug-likeness (QED) is 0.304. The number of hydrogen-bond donors (Lipinski definition) is 0. The van der Waals surface area contributed by atoms with Crippen LogP contribution in [-0.4, -0.2) is 26.6 Å². The van der Waals surface area contributed by atoms with Crippen LogP contribution in [0.2, 0.25) is 0 Å². The minimum Gasteiger partial charge on any atom is -0.491 e. The molecular weight excluding hydrogens is 232 g/mol. The van der Waals surface area contributed by atoms with Crippen molar-refractivity contribution in [1.82, 2.24) is 0 Å². The number of allylic oxidation sites excluding steroid dienone is 1. The maximum absolute atomic E-state index is 5.61. The predicted molar refractivity (Wildman–Crippen MR) is 72.0 cm³/mol. The number of ether oxygens (including phenoxy) is 4. The summed E-state index contributed by atoms with van der Waals surface area (Å²) in [5, 5.41) is 0. The summed E-state index contributed by atoms with van der Waals surface area (Å²) in [5.74, 6) is 1.27. The average molecular weight is 260 g/mol. The average Bonchev–Trinajstić information content (AvgIpc) is 2.37. The molecule has 0 heterocycles. The third kappa shape index (κ3) is 8.23. The molecule has 0 rings (SSSR count). The molecule has 0 saturated carbocycles. The Morgan fingerprint density at radius 2 is 1.50 bits per heavy atom. The first-order valence-electron chi connectivity index (χ1n) is 6.99. The number of rotatable bonds is 12. The minimum atomic E-state index is 0.205. The van der Waals surface area contributed by atoms with E-state index in [0.29, 0.717) is 25.8 Å². The Balaban J connectivity index is 4.45. The van der Waals surface area contributed by atoms with Crippen molar-refractivity contribution in [2.75, 3.05) is 26.6 Å². The first kappa shape index (κ1) is 17.1. The van der Waals surface area contributed by atoms with E-state index in [4.69, 9.17) is 18.9 Å². The van der Waals surface area contributed by atoms with Gasteiger partial charge in [0.05, 0.1) is 13.2 Å². The van der Waals surface area contributed by atoms with Crippen molar-refractivity contribution in [2.45, 2.75) is 53.4 Å². The number of unbranched alkanes of at least 4 members (excludes halogenated alkanes) is 2. The van der Waals surface area contributed by atoms with Crippen LogP contribution in [0.1, 0.15) is 53.4 Å². The van der Waals surface area contributed by atoms with Crippen molar-refractivity contribution in [3.8, 4) is 0 Å². The molecule has 0 fully saturated rings. The monoisotopic (exact) mass is 260 g/mol. The van der Waals surface area contributed by atoms with Gasteiger partial charge >= 0.3 is 5.95 Å². The summed E-state index contributed by atoms with van der Waals surface area (Å²) in [6.07, 6.45) is 4.30. The molecule has 0 aliphatic carbocycles. The molecule has 0 aromatic heterocycles. The molecule has 0 saturated heterocycles. The zero-order valence-electron chi connectivity index (χ0n) is 12.3. The molecular formula is C14H28O4. The van der Waals surface area contributed by atoms with E-state index in [1.807, 2.05) is 20.8 Å². The highest BCUT2D eigenvalue weighted by atomic mass is 16.7. The predicted octanol–water partition coefficient (Wildman–Crippen LogP) is 3.82. The molecule has 0 radical (unpaired) electrons. The highest BCUT2D eigenvalue weighted by Gasteiger charge is 2.11. The van der Waals surface area contributed by atoms with Crippen LogP contribution in [0, 0.1) is 0 Å². The van der Waals surface area contributed by atoms with Gasteiger partial charge in [0, 0.05) is 13.0 Å². The third-order valence-corrected chi connectivity index (χ3v) is 2.31. The molecule has 0 aliphatic rings. The smallest absolute Gasteiger partial charge is 0.321 e. The second kappa shape index (κ2) is 12.6. The van der Waals surface area contributed by atoms with Gasteiger partial charge in [-0.15, -0.1) is 0 Å². The molecule has 18 heavy (non-hydrogen) atoms. The zero-order chi connectivity index (χ0) is 13.6. The Labute approximate surface area is 111 Å². The first-order valence-corrected chi connectivity index (χ1v) is 6.99. The molecule has 4 nitrogen and oxygen atoms in total. The van der Waals surface area contributed by atoms with Gasteiger partial charge in [-0.25, -0.2) is 0 Å². The van der Waals surface area contributed by atoms with Gasteiger partial charge in [0.25, 0.3) is 0 Å². The maximum Gasteiger partial charge on any atom is 0.321 e. The molecule has 0 aliphatic heterocycles. The highest BCUT2D eigenvalue weighted by Crippen LogP contribution is 2.17. The molecule has 0 atom stereocenters. The second-order valence-corrected chi connectivity index (χ2v) is 3.79. The lowest BCUT2D eigenvalue weighted by atomic mass is 10.2. The second-order valence-electron chi connectivity index (χ2n) is 3.79. The normalized spacial score (nSPS) is 12.0. The SMILES string of the molecule is CCCCC/C(OCC)=C(\OCC)OCOCC. The Hall–Kier alpha value is -0.900. The van der Waals surface area contributed by atoms with Crippen LogP contribution in [0.3, 0.4) is 0 Å². The summed E-state index contributed by atoms with van der Waals surface area (Å²) < 4.78 is 21.7. The van der Waals surface area contributed by atoms with Crippen LogP contribution >= 0.6 is 0 Å². The van der Waals surface area contributed by atoms with Crippen LogP contribution in [0.15, 0.2) is 11.7 Å². The van der Waals surface area contributed by atoms with E-state index in [9.17, 15) is 0 Å². The summed E-state index contributed by atoms with van der Waals surface area (Å²) in [5.41, 5.74) is 0. The van der Waals surface area contributed by atoms with E-state index in [1.165, 1.54) is 12.8 Å². The Kier molecular flexibility index (Phi) is 11.9. The largest absolute Gasteiger partial charge is 0.491 e. The Morgan fingerprint density at radius 3 is 2.06 bits per heavy atom. The summed E-state index contributed by atoms with van der Waals surface area (Å²) in [6, 6.07) is 0. The molecule has 108 valence electrons. The van der Waals surface area contributed by atoms with Gasteiger partial charge in [-0.3, -0.25) is 0 Å². The molecule has 0 bridgehead atoms. The van der Waals surface area contributed by atoms with Gasteiger partial charge in [0.15, 0.2) is 12.6 Å². The van der Waals surface area contributed by atoms with E-state index in [0.717, 1.165) is 18.6 Å². The van der Waals surface area contributed by atoms with Crippen LogP contribution in [-0.2, 0) is 18.9 Å². The van der Waals surface area contributed by atoms with E-state index < -0.39 is 0 Å². The lowest BCUT2D eigenvalue weighted by Crippen LogP contribution is -2.08. The van der Waals surface area contributed by atoms with Gasteiger partial charge in [0.2, 0.25) is 0 Å². The van der Waals surface area contributed by atoms with Gasteiger partial charge in [-0.05, 0) is 27.2 Å². The van der Waals surface area contributed by atoms with Crippen molar-refractivity contribution in [3.63, 3.8) is 0 Å². The van der Waals surface area contributed by atoms with Crippen LogP contribution < -0.4 is 0 Å². The fourth-order valence-electron chi connectivity index (χ4n) is 1.46. The summed E-state index contributed by atoms with van der Waals surface area (Å²) in [4.78, 5) is 0. The molecule has 0 aromatic carbocycles. The van der Waals surface area contributed by atoms with Crippen molar-refractivity contribution >= 4 is 0 Å². The lowest BCUT2D eigenvalue weighted by Gasteiger charge is -2.16. The van der Waals surface area contributed by atoms with Gasteiger partial charge in [-0.2, -0.15) is 0 Å². The fraction of sp³-hybridized carbons (Fsp3) is 0.857. The van der Waals surface area contributed by atoms with E-state index in [2.05, 4.69) is 6.92 Å². The topological polar surface area (TPSA) is 36.9 Å². The lowest BCUT2D eigenvalue weighted by molar-refractivity contribution is -0.0787. The van der Waals surface area contributed by atoms with Gasteiger partial charge in [-0.1, -0.05) is 19.8 Å². The third-order valence-electron chi connectivity index (χ3n) is 2.31. The van der Waals surface area contributed by atoms with Gasteiger partial charge in [0.1, 0.15) is 0 Å². The molecule has 4 heteroatoms. The van der Waals surface area contributed by atoms with E-state index in [1.54, 1.807) is 0 Å². The van der Waals surface area contributed by atoms with E-state index in [-0.39, 0.29) is 6.79 Å². The van der Waals surface area contributed by atoms with Crippen molar-refractivity contribution < 1.29 is 18.9 Å². The summed E-state index contributed by atoms with van der Waals surface area (Å²) >= 11 is 0. The Bertz CT molecular complexity index is 192. The Morgan fingerprint density at radius 1 is 0.778 bits per heavy atom. The fourth-order valence-corrected chi connectivity index (χ4v) is 1.46. The van der Waals surface area contributed by atoms with Crippen molar-refractivity contribution in [1.29, 1.82) is 0 Å². The molecule has 0 N–H and O–H groups in total. The van der Waals surface area contributed by atoms with Crippen LogP contribution in [0.25, 0.3) is 0 Å². The molecule has 0 aromatic rings. The number of hydrogen-bond acceptors (Lipinski definition) is 4. The zero-order valence-corrected chi connectivity index (χ0v) is 12.3. The summed E-state index contributed by atoms with van der Waals surface area (Å²) in [7, 11) is 0. The molecule has 0 amide bonds. The molecule has 0 unspecified atom stereocenters. The first-order chi connectivity index (χ1) is 8.79. The minimum absolute atomic E-state index is 0.205. The van der Waals surface area contributed by atoms with Gasteiger partial charge < -0.3 is 18.9 Å². The highest BCUT2D eigenvalue weighted by molar-refractivity contribution is 4.95. The standard InChI is InChI=1S/C14H28O4/c1-5-9-10-11-13(16-7-3)14(17-8-4)18-12-15-6-2/h5-12H2,1-4H3/b14-13-. The van der Waals surface area contributed by atoms with Crippen molar-refractivity contribution in [3.05, 3.63) is 11.7 Å². The van der Waals surface area contributed by atoms with Crippen LogP contribution in [0.4, 0.5) is 0 Å². The maximum atomic E-state index is 5.61.